The van der Waals surface area contributed by atoms with Crippen molar-refractivity contribution in [3.05, 3.63) is 0 Å². The van der Waals surface area contributed by atoms with Crippen molar-refractivity contribution in [2.45, 2.75) is 57.0 Å². The summed E-state index contributed by atoms with van der Waals surface area (Å²) in [6.07, 6.45) is 2.47. The van der Waals surface area contributed by atoms with Crippen molar-refractivity contribution in [1.29, 1.82) is 0 Å². The molecule has 13 heavy (non-hydrogen) atoms. The average Bonchev–Trinajstić information content (AvgIpc) is 1.96. The monoisotopic (exact) mass is 247 g/mol. The maximum atomic E-state index is 6.01. The van der Waals surface area contributed by atoms with Crippen LogP contribution in [0.25, 0.3) is 0 Å². The minimum absolute atomic E-state index is 0.321. The van der Waals surface area contributed by atoms with Gasteiger partial charge in [-0.05, 0) is 0 Å². The van der Waals surface area contributed by atoms with Gasteiger partial charge in [-0.15, -0.1) is 0 Å². The summed E-state index contributed by atoms with van der Waals surface area (Å²) in [5, 5.41) is 2.92. The zero-order valence-corrected chi connectivity index (χ0v) is 11.7. The van der Waals surface area contributed by atoms with Gasteiger partial charge in [0, 0.05) is 0 Å². The zero-order valence-electron chi connectivity index (χ0n) is 9.64. The molecule has 0 aliphatic carbocycles. The van der Waals surface area contributed by atoms with Gasteiger partial charge in [-0.2, -0.15) is 0 Å². The van der Waals surface area contributed by atoms with Crippen LogP contribution in [0.2, 0.25) is 10.4 Å². The van der Waals surface area contributed by atoms with Crippen molar-refractivity contribution < 1.29 is 0 Å². The van der Waals surface area contributed by atoms with Gasteiger partial charge in [0.25, 0.3) is 0 Å². The molecule has 0 saturated carbocycles. The van der Waals surface area contributed by atoms with Crippen LogP contribution in [-0.2, 0) is 0 Å². The van der Waals surface area contributed by atoms with Gasteiger partial charge < -0.3 is 0 Å². The predicted octanol–water partition coefficient (Wildman–Crippen LogP) is 2.68. The van der Waals surface area contributed by atoms with Crippen LogP contribution in [0.4, 0.5) is 0 Å². The summed E-state index contributed by atoms with van der Waals surface area (Å²) in [6, 6.07) is 0.468. The molecule has 2 atom stereocenters. The first-order valence-corrected chi connectivity index (χ1v) is 8.45. The van der Waals surface area contributed by atoms with Crippen molar-refractivity contribution in [2.24, 2.45) is 17.6 Å². The summed E-state index contributed by atoms with van der Waals surface area (Å²) in [5.41, 5.74) is 6.01. The van der Waals surface area contributed by atoms with Crippen LogP contribution in [-0.4, -0.2) is 21.8 Å². The third-order valence-electron chi connectivity index (χ3n) is 2.02. The van der Waals surface area contributed by atoms with Crippen molar-refractivity contribution in [2.75, 3.05) is 0 Å². The molecule has 0 fully saturated rings. The topological polar surface area (TPSA) is 26.0 Å². The first kappa shape index (κ1) is 13.5. The van der Waals surface area contributed by atoms with Gasteiger partial charge in [0.15, 0.2) is 0 Å². The second-order valence-electron chi connectivity index (χ2n) is 4.78. The van der Waals surface area contributed by atoms with Crippen molar-refractivity contribution in [1.82, 2.24) is 0 Å². The standard InChI is InChI=1S/C11H26AsN/c1-9(2)7-11(13)5-6-12-8-10(3)4/h9-12H,5-8,13H2,1-4H3. The summed E-state index contributed by atoms with van der Waals surface area (Å²) in [6.45, 7) is 9.14. The van der Waals surface area contributed by atoms with E-state index < -0.39 is 0 Å². The summed E-state index contributed by atoms with van der Waals surface area (Å²) < 4.78 is 0. The Balaban J connectivity index is 3.22. The van der Waals surface area contributed by atoms with Crippen LogP contribution in [0.3, 0.4) is 0 Å². The molecular weight excluding hydrogens is 221 g/mol. The van der Waals surface area contributed by atoms with Crippen LogP contribution in [0.15, 0.2) is 0 Å². The second kappa shape index (κ2) is 7.88. The van der Waals surface area contributed by atoms with E-state index >= 15 is 0 Å². The number of rotatable bonds is 7. The number of hydrogen-bond donors (Lipinski definition) is 1. The molecule has 0 radical (unpaired) electrons. The summed E-state index contributed by atoms with van der Waals surface area (Å²) >= 11 is 0.321. The Morgan fingerprint density at radius 1 is 1.08 bits per heavy atom. The van der Waals surface area contributed by atoms with Gasteiger partial charge in [-0.1, -0.05) is 0 Å². The Hall–Kier alpha value is 0.518. The fourth-order valence-corrected chi connectivity index (χ4v) is 4.25. The molecule has 0 aliphatic rings. The quantitative estimate of drug-likeness (QED) is 0.543. The van der Waals surface area contributed by atoms with E-state index in [-0.39, 0.29) is 0 Å². The average molecular weight is 247 g/mol. The molecule has 2 unspecified atom stereocenters. The summed E-state index contributed by atoms with van der Waals surface area (Å²) in [5.74, 6) is 1.67. The van der Waals surface area contributed by atoms with E-state index in [2.05, 4.69) is 27.7 Å². The van der Waals surface area contributed by atoms with Crippen LogP contribution in [0, 0.1) is 11.8 Å². The van der Waals surface area contributed by atoms with Crippen molar-refractivity contribution in [3.8, 4) is 0 Å². The molecule has 0 amide bonds. The van der Waals surface area contributed by atoms with Crippen molar-refractivity contribution >= 4 is 15.8 Å². The van der Waals surface area contributed by atoms with Crippen LogP contribution < -0.4 is 5.73 Å². The fourth-order valence-electron chi connectivity index (χ4n) is 1.40. The third kappa shape index (κ3) is 10.4. The maximum absolute atomic E-state index is 6.01. The van der Waals surface area contributed by atoms with E-state index in [0.717, 1.165) is 11.8 Å². The number of nitrogens with two attached hydrogens (primary N) is 1. The minimum atomic E-state index is 0.321. The van der Waals surface area contributed by atoms with E-state index in [1.807, 2.05) is 0 Å². The molecule has 0 aliphatic heterocycles. The van der Waals surface area contributed by atoms with E-state index in [4.69, 9.17) is 5.73 Å². The van der Waals surface area contributed by atoms with Crippen LogP contribution >= 0.6 is 0 Å². The molecule has 0 aromatic rings. The van der Waals surface area contributed by atoms with Gasteiger partial charge in [0.1, 0.15) is 0 Å². The van der Waals surface area contributed by atoms with Gasteiger partial charge in [-0.3, -0.25) is 0 Å². The molecule has 0 rings (SSSR count). The second-order valence-corrected chi connectivity index (χ2v) is 7.73. The Bertz CT molecular complexity index is 113. The molecule has 0 aromatic carbocycles. The van der Waals surface area contributed by atoms with Gasteiger partial charge in [0.05, 0.1) is 0 Å². The Labute approximate surface area is 90.5 Å². The molecule has 0 aromatic heterocycles. The summed E-state index contributed by atoms with van der Waals surface area (Å²) in [4.78, 5) is 0. The Kier molecular flexibility index (Phi) is 8.19. The molecule has 0 heterocycles. The predicted molar refractivity (Wildman–Crippen MR) is 63.6 cm³/mol. The molecule has 2 heteroatoms. The van der Waals surface area contributed by atoms with E-state index in [9.17, 15) is 0 Å². The van der Waals surface area contributed by atoms with Gasteiger partial charge >= 0.3 is 90.3 Å². The van der Waals surface area contributed by atoms with Gasteiger partial charge in [-0.25, -0.2) is 0 Å². The van der Waals surface area contributed by atoms with Crippen LogP contribution in [0.1, 0.15) is 40.5 Å². The van der Waals surface area contributed by atoms with E-state index in [1.165, 1.54) is 23.3 Å². The van der Waals surface area contributed by atoms with Crippen molar-refractivity contribution in [3.63, 3.8) is 0 Å². The van der Waals surface area contributed by atoms with Crippen LogP contribution in [0.5, 0.6) is 0 Å². The molecule has 0 spiro atoms. The third-order valence-corrected chi connectivity index (χ3v) is 5.68. The number of hydrogen-bond acceptors (Lipinski definition) is 1. The molecule has 80 valence electrons. The zero-order chi connectivity index (χ0) is 10.3. The Morgan fingerprint density at radius 2 is 1.69 bits per heavy atom. The normalized spacial score (nSPS) is 15.0. The SMILES string of the molecule is CC(C)C[AsH]CCC(N)CC(C)C. The Morgan fingerprint density at radius 3 is 2.15 bits per heavy atom. The first-order valence-electron chi connectivity index (χ1n) is 5.48. The fraction of sp³-hybridized carbons (Fsp3) is 1.00. The molecular formula is C11H26AsN. The summed E-state index contributed by atoms with van der Waals surface area (Å²) in [7, 11) is 0. The first-order chi connectivity index (χ1) is 6.02. The molecule has 0 saturated heterocycles. The molecule has 2 N–H and O–H groups in total. The molecule has 1 nitrogen and oxygen atoms in total. The van der Waals surface area contributed by atoms with Gasteiger partial charge in [0.2, 0.25) is 0 Å². The molecule has 0 bridgehead atoms. The van der Waals surface area contributed by atoms with E-state index in [0.29, 0.717) is 21.8 Å². The van der Waals surface area contributed by atoms with E-state index in [1.54, 1.807) is 0 Å².